The second-order valence-electron chi connectivity index (χ2n) is 5.82. The highest BCUT2D eigenvalue weighted by Gasteiger charge is 2.47. The second kappa shape index (κ2) is 5.47. The number of likely N-dealkylation sites (tertiary alicyclic amines) is 1. The molecule has 3 rings (SSSR count). The van der Waals surface area contributed by atoms with Gasteiger partial charge in [0.1, 0.15) is 5.82 Å². The number of carbonyl (C=O) groups is 1. The Morgan fingerprint density at radius 2 is 2.09 bits per heavy atom. The van der Waals surface area contributed by atoms with Crippen molar-refractivity contribution in [2.45, 2.75) is 12.5 Å². The lowest BCUT2D eigenvalue weighted by atomic mass is 9.84. The van der Waals surface area contributed by atoms with Gasteiger partial charge in [0.15, 0.2) is 0 Å². The maximum absolute atomic E-state index is 13.1. The lowest BCUT2D eigenvalue weighted by Gasteiger charge is -2.51. The van der Waals surface area contributed by atoms with Crippen molar-refractivity contribution in [2.24, 2.45) is 5.92 Å². The first kappa shape index (κ1) is 15.7. The number of nitrogens with zero attached hydrogens (tertiary/aromatic N) is 2. The van der Waals surface area contributed by atoms with Gasteiger partial charge in [-0.25, -0.2) is 12.8 Å². The minimum Gasteiger partial charge on any atom is -0.337 e. The number of benzene rings is 1. The first-order chi connectivity index (χ1) is 10.3. The van der Waals surface area contributed by atoms with Crippen molar-refractivity contribution < 1.29 is 17.6 Å². The van der Waals surface area contributed by atoms with Crippen LogP contribution in [0.25, 0.3) is 0 Å². The summed E-state index contributed by atoms with van der Waals surface area (Å²) in [5, 5.41) is 0.0701. The van der Waals surface area contributed by atoms with Crippen LogP contribution in [0.15, 0.2) is 18.2 Å². The average molecular weight is 347 g/mol. The molecule has 0 bridgehead atoms. The van der Waals surface area contributed by atoms with Crippen molar-refractivity contribution in [3.8, 4) is 0 Å². The van der Waals surface area contributed by atoms with E-state index in [9.17, 15) is 17.6 Å². The molecule has 1 aromatic rings. The van der Waals surface area contributed by atoms with Crippen LogP contribution < -0.4 is 0 Å². The number of fused-ring (bicyclic) bond motifs is 1. The molecule has 0 saturated carbocycles. The number of amides is 1. The zero-order valence-electron chi connectivity index (χ0n) is 12.0. The summed E-state index contributed by atoms with van der Waals surface area (Å²) in [5.41, 5.74) is 0.242. The van der Waals surface area contributed by atoms with E-state index in [0.717, 1.165) is 12.5 Å². The molecule has 0 unspecified atom stereocenters. The van der Waals surface area contributed by atoms with Crippen LogP contribution >= 0.6 is 11.6 Å². The molecule has 0 spiro atoms. The van der Waals surface area contributed by atoms with E-state index in [1.165, 1.54) is 22.7 Å². The van der Waals surface area contributed by atoms with Crippen molar-refractivity contribution >= 4 is 27.5 Å². The fourth-order valence-corrected chi connectivity index (χ4v) is 4.59. The fourth-order valence-electron chi connectivity index (χ4n) is 3.15. The number of piperidine rings is 1. The van der Waals surface area contributed by atoms with Gasteiger partial charge in [0.05, 0.1) is 16.8 Å². The molecule has 2 aliphatic heterocycles. The zero-order valence-corrected chi connectivity index (χ0v) is 13.6. The van der Waals surface area contributed by atoms with Crippen LogP contribution in [0, 0.1) is 11.7 Å². The first-order valence-corrected chi connectivity index (χ1v) is 9.21. The average Bonchev–Trinajstić information content (AvgIpc) is 2.38. The van der Waals surface area contributed by atoms with Gasteiger partial charge in [0, 0.05) is 25.7 Å². The molecule has 8 heteroatoms. The Kier molecular flexibility index (Phi) is 3.91. The molecule has 0 radical (unpaired) electrons. The molecule has 0 aromatic heterocycles. The topological polar surface area (TPSA) is 57.7 Å². The summed E-state index contributed by atoms with van der Waals surface area (Å²) in [6, 6.07) is 3.50. The highest BCUT2D eigenvalue weighted by Crippen LogP contribution is 2.35. The van der Waals surface area contributed by atoms with E-state index in [4.69, 9.17) is 11.6 Å². The van der Waals surface area contributed by atoms with E-state index in [2.05, 4.69) is 0 Å². The first-order valence-electron chi connectivity index (χ1n) is 6.98. The summed E-state index contributed by atoms with van der Waals surface area (Å²) < 4.78 is 37.8. The van der Waals surface area contributed by atoms with Gasteiger partial charge < -0.3 is 4.90 Å². The highest BCUT2D eigenvalue weighted by atomic mass is 35.5. The van der Waals surface area contributed by atoms with Crippen molar-refractivity contribution in [3.63, 3.8) is 0 Å². The fraction of sp³-hybridized carbons (Fsp3) is 0.500. The predicted octanol–water partition coefficient (Wildman–Crippen LogP) is 1.58. The Bertz CT molecular complexity index is 725. The summed E-state index contributed by atoms with van der Waals surface area (Å²) in [5.74, 6) is -0.478. The molecule has 1 aromatic carbocycles. The van der Waals surface area contributed by atoms with Gasteiger partial charge in [-0.2, -0.15) is 4.31 Å². The smallest absolute Gasteiger partial charge is 0.255 e. The Hall–Kier alpha value is -1.18. The van der Waals surface area contributed by atoms with Crippen LogP contribution in [0.2, 0.25) is 5.02 Å². The third kappa shape index (κ3) is 2.73. The van der Waals surface area contributed by atoms with Gasteiger partial charge in [-0.3, -0.25) is 4.79 Å². The molecule has 2 saturated heterocycles. The summed E-state index contributed by atoms with van der Waals surface area (Å²) in [7, 11) is -3.24. The third-order valence-electron chi connectivity index (χ3n) is 4.38. The quantitative estimate of drug-likeness (QED) is 0.817. The van der Waals surface area contributed by atoms with Gasteiger partial charge in [-0.05, 0) is 30.5 Å². The lowest BCUT2D eigenvalue weighted by molar-refractivity contribution is 0.0141. The Morgan fingerprint density at radius 1 is 1.36 bits per heavy atom. The zero-order chi connectivity index (χ0) is 16.1. The molecule has 5 nitrogen and oxygen atoms in total. The molecule has 0 aliphatic carbocycles. The van der Waals surface area contributed by atoms with Crippen LogP contribution in [0.3, 0.4) is 0 Å². The van der Waals surface area contributed by atoms with Crippen LogP contribution in [0.1, 0.15) is 16.8 Å². The molecule has 120 valence electrons. The van der Waals surface area contributed by atoms with Gasteiger partial charge in [0.25, 0.3) is 5.91 Å². The van der Waals surface area contributed by atoms with Gasteiger partial charge >= 0.3 is 0 Å². The van der Waals surface area contributed by atoms with E-state index >= 15 is 0 Å². The van der Waals surface area contributed by atoms with Crippen molar-refractivity contribution in [3.05, 3.63) is 34.6 Å². The standard InChI is InChI=1S/C14H16ClFN2O3S/c1-22(20,21)18-7-9-4-5-17(8-13(9)18)14(19)11-3-2-10(16)6-12(11)15/h2-3,6,9,13H,4-5,7-8H2,1H3/t9-,13-/m1/s1. The number of halogens is 2. The molecule has 2 atom stereocenters. The summed E-state index contributed by atoms with van der Waals surface area (Å²) in [6.07, 6.45) is 1.95. The normalized spacial score (nSPS) is 25.5. The minimum atomic E-state index is -3.24. The van der Waals surface area contributed by atoms with E-state index in [-0.39, 0.29) is 22.5 Å². The number of hydrogen-bond acceptors (Lipinski definition) is 3. The van der Waals surface area contributed by atoms with Crippen molar-refractivity contribution in [2.75, 3.05) is 25.9 Å². The van der Waals surface area contributed by atoms with Crippen molar-refractivity contribution in [1.29, 1.82) is 0 Å². The largest absolute Gasteiger partial charge is 0.337 e. The molecular weight excluding hydrogens is 331 g/mol. The number of rotatable bonds is 2. The Balaban J connectivity index is 1.77. The predicted molar refractivity (Wildman–Crippen MR) is 80.8 cm³/mol. The summed E-state index contributed by atoms with van der Waals surface area (Å²) in [4.78, 5) is 14.1. The summed E-state index contributed by atoms with van der Waals surface area (Å²) in [6.45, 7) is 1.44. The molecule has 0 N–H and O–H groups in total. The molecule has 1 amide bonds. The number of carbonyl (C=O) groups excluding carboxylic acids is 1. The van der Waals surface area contributed by atoms with Crippen LogP contribution in [-0.4, -0.2) is 55.5 Å². The van der Waals surface area contributed by atoms with E-state index < -0.39 is 15.8 Å². The van der Waals surface area contributed by atoms with Crippen LogP contribution in [0.5, 0.6) is 0 Å². The number of sulfonamides is 1. The van der Waals surface area contributed by atoms with Crippen LogP contribution in [-0.2, 0) is 10.0 Å². The molecule has 2 heterocycles. The third-order valence-corrected chi connectivity index (χ3v) is 5.97. The highest BCUT2D eigenvalue weighted by molar-refractivity contribution is 7.88. The number of hydrogen-bond donors (Lipinski definition) is 0. The van der Waals surface area contributed by atoms with Gasteiger partial charge in [-0.1, -0.05) is 11.6 Å². The van der Waals surface area contributed by atoms with Gasteiger partial charge in [-0.15, -0.1) is 0 Å². The molecular formula is C14H16ClFN2O3S. The van der Waals surface area contributed by atoms with Crippen molar-refractivity contribution in [1.82, 2.24) is 9.21 Å². The van der Waals surface area contributed by atoms with Gasteiger partial charge in [0.2, 0.25) is 10.0 Å². The van der Waals surface area contributed by atoms with E-state index in [1.807, 2.05) is 0 Å². The van der Waals surface area contributed by atoms with E-state index in [1.54, 1.807) is 4.90 Å². The Morgan fingerprint density at radius 3 is 2.73 bits per heavy atom. The summed E-state index contributed by atoms with van der Waals surface area (Å²) >= 11 is 5.93. The monoisotopic (exact) mass is 346 g/mol. The molecule has 2 aliphatic rings. The van der Waals surface area contributed by atoms with Crippen LogP contribution in [0.4, 0.5) is 4.39 Å². The molecule has 2 fully saturated rings. The maximum atomic E-state index is 13.1. The Labute approximate surface area is 133 Å². The molecule has 22 heavy (non-hydrogen) atoms. The minimum absolute atomic E-state index is 0.0701. The van der Waals surface area contributed by atoms with E-state index in [0.29, 0.717) is 25.6 Å². The maximum Gasteiger partial charge on any atom is 0.255 e. The SMILES string of the molecule is CS(=O)(=O)N1C[C@H]2CCN(C(=O)c3ccc(F)cc3Cl)C[C@H]21. The second-order valence-corrected chi connectivity index (χ2v) is 8.17. The lowest BCUT2D eigenvalue weighted by Crippen LogP contribution is -2.65.